The molecule has 0 aliphatic heterocycles. The average molecular weight is 394 g/mol. The van der Waals surface area contributed by atoms with Gasteiger partial charge in [-0.05, 0) is 16.1 Å². The minimum Gasteiger partial charge on any atom is -0.467 e. The van der Waals surface area contributed by atoms with E-state index in [2.05, 4.69) is 32.6 Å². The number of halogens is 4. The Hall–Kier alpha value is -1.83. The lowest BCUT2D eigenvalue weighted by Gasteiger charge is -2.16. The summed E-state index contributed by atoms with van der Waals surface area (Å²) in [6, 6.07) is 3.50. The summed E-state index contributed by atoms with van der Waals surface area (Å²) in [6.45, 7) is 3.57. The van der Waals surface area contributed by atoms with Crippen LogP contribution in [0.2, 0.25) is 0 Å². The molecule has 1 N–H and O–H groups in total. The molecule has 23 heavy (non-hydrogen) atoms. The average Bonchev–Trinajstić information content (AvgIpc) is 2.44. The van der Waals surface area contributed by atoms with Gasteiger partial charge in [0.05, 0.1) is 19.1 Å². The van der Waals surface area contributed by atoms with Crippen LogP contribution in [0.3, 0.4) is 0 Å². The summed E-state index contributed by atoms with van der Waals surface area (Å²) in [5, 5.41) is 2.42. The van der Waals surface area contributed by atoms with Gasteiger partial charge in [0.25, 0.3) is 0 Å². The normalized spacial score (nSPS) is 12.4. The number of nitrogens with one attached hydrogen (secondary N) is 1. The third-order valence-corrected chi connectivity index (χ3v) is 3.19. The van der Waals surface area contributed by atoms with E-state index in [1.165, 1.54) is 19.2 Å². The molecule has 1 aromatic rings. The Bertz CT molecular complexity index is 602. The van der Waals surface area contributed by atoms with Crippen LogP contribution in [0.1, 0.15) is 17.5 Å². The van der Waals surface area contributed by atoms with E-state index < -0.39 is 29.7 Å². The van der Waals surface area contributed by atoms with E-state index in [9.17, 15) is 22.8 Å². The number of hydrogen-bond donors (Lipinski definition) is 1. The van der Waals surface area contributed by atoms with Crippen molar-refractivity contribution >= 4 is 27.8 Å². The number of carbonyl (C=O) groups excluding carboxylic acids is 2. The number of alkyl halides is 3. The number of methoxy groups -OCH3 is 1. The van der Waals surface area contributed by atoms with E-state index in [0.29, 0.717) is 4.48 Å². The first-order valence-electron chi connectivity index (χ1n) is 6.50. The highest BCUT2D eigenvalue weighted by molar-refractivity contribution is 9.11. The zero-order chi connectivity index (χ0) is 17.6. The number of benzene rings is 1. The molecule has 0 saturated carbocycles. The molecule has 0 aliphatic rings. The number of rotatable bonds is 6. The molecule has 0 radical (unpaired) electrons. The Labute approximate surface area is 139 Å². The largest absolute Gasteiger partial charge is 0.467 e. The molecular weight excluding hydrogens is 379 g/mol. The van der Waals surface area contributed by atoms with Crippen molar-refractivity contribution in [3.8, 4) is 0 Å². The first-order chi connectivity index (χ1) is 10.6. The Morgan fingerprint density at radius 1 is 1.39 bits per heavy atom. The fraction of sp³-hybridized carbons (Fsp3) is 0.333. The molecule has 1 atom stereocenters. The number of esters is 1. The molecule has 4 nitrogen and oxygen atoms in total. The molecule has 0 aliphatic carbocycles. The number of amides is 1. The second-order valence-corrected chi connectivity index (χ2v) is 5.86. The van der Waals surface area contributed by atoms with Gasteiger partial charge in [-0.2, -0.15) is 13.2 Å². The molecule has 1 aromatic carbocycles. The van der Waals surface area contributed by atoms with Crippen LogP contribution in [0.25, 0.3) is 0 Å². The highest BCUT2D eigenvalue weighted by atomic mass is 79.9. The van der Waals surface area contributed by atoms with Gasteiger partial charge in [-0.1, -0.05) is 40.7 Å². The number of hydrogen-bond acceptors (Lipinski definition) is 3. The molecule has 1 rings (SSSR count). The van der Waals surface area contributed by atoms with Gasteiger partial charge in [0, 0.05) is 6.42 Å². The van der Waals surface area contributed by atoms with Gasteiger partial charge in [0.15, 0.2) is 0 Å². The standard InChI is InChI=1S/C15H15BrF3NO3/c1-9(16)6-12(14(22)23-2)20-13(21)8-10-4-3-5-11(7-10)15(17,18)19/h3-5,7,12H,1,6,8H2,2H3,(H,20,21)/t12-/m1/s1. The van der Waals surface area contributed by atoms with Gasteiger partial charge in [0.2, 0.25) is 5.91 Å². The summed E-state index contributed by atoms with van der Waals surface area (Å²) >= 11 is 3.08. The van der Waals surface area contributed by atoms with Crippen molar-refractivity contribution in [1.29, 1.82) is 0 Å². The van der Waals surface area contributed by atoms with Crippen LogP contribution in [0.4, 0.5) is 13.2 Å². The summed E-state index contributed by atoms with van der Waals surface area (Å²) in [5.74, 6) is -1.25. The van der Waals surface area contributed by atoms with E-state index in [1.807, 2.05) is 0 Å². The highest BCUT2D eigenvalue weighted by Crippen LogP contribution is 2.29. The maximum absolute atomic E-state index is 12.6. The van der Waals surface area contributed by atoms with Gasteiger partial charge >= 0.3 is 12.1 Å². The Morgan fingerprint density at radius 2 is 2.04 bits per heavy atom. The van der Waals surface area contributed by atoms with Crippen molar-refractivity contribution in [2.75, 3.05) is 7.11 Å². The first kappa shape index (κ1) is 19.2. The zero-order valence-corrected chi connectivity index (χ0v) is 13.8. The minimum absolute atomic E-state index is 0.112. The quantitative estimate of drug-likeness (QED) is 0.755. The van der Waals surface area contributed by atoms with Crippen molar-refractivity contribution in [2.24, 2.45) is 0 Å². The lowest BCUT2D eigenvalue weighted by Crippen LogP contribution is -2.42. The summed E-state index contributed by atoms with van der Waals surface area (Å²) < 4.78 is 42.9. The van der Waals surface area contributed by atoms with Crippen molar-refractivity contribution in [3.63, 3.8) is 0 Å². The fourth-order valence-corrected chi connectivity index (χ4v) is 2.17. The molecule has 1 amide bonds. The summed E-state index contributed by atoms with van der Waals surface area (Å²) in [7, 11) is 1.17. The van der Waals surface area contributed by atoms with Crippen molar-refractivity contribution in [1.82, 2.24) is 5.32 Å². The number of ether oxygens (including phenoxy) is 1. The van der Waals surface area contributed by atoms with Crippen molar-refractivity contribution in [2.45, 2.75) is 25.1 Å². The Morgan fingerprint density at radius 3 is 2.57 bits per heavy atom. The van der Waals surface area contributed by atoms with Crippen LogP contribution in [0.5, 0.6) is 0 Å². The minimum atomic E-state index is -4.48. The molecule has 0 heterocycles. The highest BCUT2D eigenvalue weighted by Gasteiger charge is 2.30. The van der Waals surface area contributed by atoms with Crippen LogP contribution < -0.4 is 5.32 Å². The fourth-order valence-electron chi connectivity index (χ4n) is 1.85. The molecule has 0 bridgehead atoms. The van der Waals surface area contributed by atoms with E-state index in [-0.39, 0.29) is 18.4 Å². The van der Waals surface area contributed by atoms with Gasteiger partial charge in [-0.25, -0.2) is 4.79 Å². The maximum Gasteiger partial charge on any atom is 0.416 e. The predicted molar refractivity (Wildman–Crippen MR) is 81.8 cm³/mol. The Balaban J connectivity index is 2.78. The van der Waals surface area contributed by atoms with Crippen LogP contribution >= 0.6 is 15.9 Å². The van der Waals surface area contributed by atoms with Crippen molar-refractivity contribution < 1.29 is 27.5 Å². The molecular formula is C15H15BrF3NO3. The third kappa shape index (κ3) is 6.43. The lowest BCUT2D eigenvalue weighted by atomic mass is 10.1. The molecule has 0 spiro atoms. The first-order valence-corrected chi connectivity index (χ1v) is 7.29. The Kier molecular flexibility index (Phi) is 6.80. The van der Waals surface area contributed by atoms with Crippen LogP contribution in [0, 0.1) is 0 Å². The molecule has 0 unspecified atom stereocenters. The molecule has 0 aromatic heterocycles. The monoisotopic (exact) mass is 393 g/mol. The summed E-state index contributed by atoms with van der Waals surface area (Å²) in [5.41, 5.74) is -0.639. The SMILES string of the molecule is C=C(Br)C[C@@H](NC(=O)Cc1cccc(C(F)(F)F)c1)C(=O)OC. The molecule has 126 valence electrons. The number of carbonyl (C=O) groups is 2. The summed E-state index contributed by atoms with van der Waals surface area (Å²) in [4.78, 5) is 23.5. The smallest absolute Gasteiger partial charge is 0.416 e. The summed E-state index contributed by atoms with van der Waals surface area (Å²) in [6.07, 6.45) is -4.65. The topological polar surface area (TPSA) is 55.4 Å². The van der Waals surface area contributed by atoms with E-state index in [4.69, 9.17) is 0 Å². The van der Waals surface area contributed by atoms with Crippen molar-refractivity contribution in [3.05, 3.63) is 46.5 Å². The second kappa shape index (κ2) is 8.14. The van der Waals surface area contributed by atoms with Gasteiger partial charge in [-0.15, -0.1) is 0 Å². The van der Waals surface area contributed by atoms with E-state index in [0.717, 1.165) is 12.1 Å². The second-order valence-electron chi connectivity index (χ2n) is 4.74. The third-order valence-electron chi connectivity index (χ3n) is 2.87. The molecule has 0 fully saturated rings. The zero-order valence-electron chi connectivity index (χ0n) is 12.2. The molecule has 8 heteroatoms. The van der Waals surface area contributed by atoms with Gasteiger partial charge in [0.1, 0.15) is 6.04 Å². The lowest BCUT2D eigenvalue weighted by molar-refractivity contribution is -0.144. The van der Waals surface area contributed by atoms with Crippen LogP contribution in [-0.2, 0) is 26.9 Å². The molecule has 0 saturated heterocycles. The van der Waals surface area contributed by atoms with Crippen LogP contribution in [-0.4, -0.2) is 25.0 Å². The van der Waals surface area contributed by atoms with E-state index >= 15 is 0 Å². The van der Waals surface area contributed by atoms with E-state index in [1.54, 1.807) is 0 Å². The van der Waals surface area contributed by atoms with Gasteiger partial charge in [-0.3, -0.25) is 4.79 Å². The van der Waals surface area contributed by atoms with Crippen LogP contribution in [0.15, 0.2) is 35.3 Å². The predicted octanol–water partition coefficient (Wildman–Crippen LogP) is 3.20. The van der Waals surface area contributed by atoms with Gasteiger partial charge < -0.3 is 10.1 Å². The maximum atomic E-state index is 12.6.